The molecular weight excluding hydrogens is 498 g/mol. The number of rotatable bonds is 6. The summed E-state index contributed by atoms with van der Waals surface area (Å²) in [4.78, 5) is 4.13. The minimum atomic E-state index is -0.536. The Hall–Kier alpha value is -3.98. The fourth-order valence-electron chi connectivity index (χ4n) is 5.88. The molecule has 39 heavy (non-hydrogen) atoms. The molecule has 3 unspecified atom stereocenters. The monoisotopic (exact) mass is 530 g/mol. The third kappa shape index (κ3) is 4.71. The van der Waals surface area contributed by atoms with Crippen molar-refractivity contribution in [1.82, 2.24) is 15.2 Å². The summed E-state index contributed by atoms with van der Waals surface area (Å²) in [5.74, 6) is 0.549. The first kappa shape index (κ1) is 25.3. The van der Waals surface area contributed by atoms with Crippen LogP contribution in [0.3, 0.4) is 0 Å². The van der Waals surface area contributed by atoms with Gasteiger partial charge in [0.1, 0.15) is 23.6 Å². The molecule has 0 saturated carbocycles. The fraction of sp³-hybridized carbons (Fsp3) is 0.333. The van der Waals surface area contributed by atoms with E-state index in [-0.39, 0.29) is 30.2 Å². The molecule has 3 aliphatic heterocycles. The van der Waals surface area contributed by atoms with Gasteiger partial charge in [0.05, 0.1) is 12.6 Å². The van der Waals surface area contributed by atoms with Crippen LogP contribution in [-0.4, -0.2) is 53.8 Å². The smallest absolute Gasteiger partial charge is 0.157 e. The Morgan fingerprint density at radius 2 is 2.00 bits per heavy atom. The molecule has 0 spiro atoms. The molecule has 4 N–H and O–H groups in total. The topological polar surface area (TPSA) is 90.0 Å². The van der Waals surface area contributed by atoms with Gasteiger partial charge in [-0.2, -0.15) is 5.10 Å². The second kappa shape index (κ2) is 10.3. The fourth-order valence-corrected chi connectivity index (χ4v) is 5.88. The number of hydrazone groups is 1. The Bertz CT molecular complexity index is 1410. The van der Waals surface area contributed by atoms with Crippen molar-refractivity contribution in [3.63, 3.8) is 0 Å². The van der Waals surface area contributed by atoms with E-state index in [0.29, 0.717) is 43.0 Å². The van der Waals surface area contributed by atoms with Gasteiger partial charge in [-0.15, -0.1) is 0 Å². The standard InChI is InChI=1S/C30H32F2N6O/c1-37-29(20-8-10-25(33)21(16-20)28(34)19-9-11-27-18(15-19)12-14-39-27)35-36-30(37)26-7-2-3-13-38(26)17-22-23(31)5-4-6-24(22)32/h2-6,8,10-11,15-16,19,26,30,34,36H,7,9,12-14,17,33H2,1H3. The first-order valence-corrected chi connectivity index (χ1v) is 13.3. The Morgan fingerprint density at radius 1 is 1.18 bits per heavy atom. The van der Waals surface area contributed by atoms with E-state index < -0.39 is 11.6 Å². The molecule has 0 radical (unpaired) electrons. The summed E-state index contributed by atoms with van der Waals surface area (Å²) in [6, 6.07) is 9.60. The maximum absolute atomic E-state index is 14.4. The number of likely N-dealkylation sites (N-methyl/N-ethyl adjacent to an activating group) is 1. The van der Waals surface area contributed by atoms with E-state index >= 15 is 0 Å². The molecule has 1 saturated heterocycles. The average Bonchev–Trinajstić information content (AvgIpc) is 3.57. The third-order valence-electron chi connectivity index (χ3n) is 8.07. The van der Waals surface area contributed by atoms with E-state index in [2.05, 4.69) is 38.6 Å². The quantitative estimate of drug-likeness (QED) is 0.290. The van der Waals surface area contributed by atoms with Crippen LogP contribution in [0.5, 0.6) is 0 Å². The van der Waals surface area contributed by atoms with Gasteiger partial charge in [-0.1, -0.05) is 24.3 Å². The largest absolute Gasteiger partial charge is 0.493 e. The lowest BCUT2D eigenvalue weighted by molar-refractivity contribution is 0.114. The van der Waals surface area contributed by atoms with Crippen molar-refractivity contribution in [2.45, 2.75) is 38.0 Å². The maximum Gasteiger partial charge on any atom is 0.157 e. The number of anilines is 1. The summed E-state index contributed by atoms with van der Waals surface area (Å²) in [6.07, 6.45) is 10.4. The second-order valence-corrected chi connectivity index (χ2v) is 10.4. The molecule has 0 aromatic heterocycles. The molecule has 1 fully saturated rings. The zero-order valence-electron chi connectivity index (χ0n) is 21.8. The van der Waals surface area contributed by atoms with Crippen LogP contribution in [0.15, 0.2) is 77.1 Å². The summed E-state index contributed by atoms with van der Waals surface area (Å²) in [6.45, 7) is 1.44. The number of hydrogen-bond donors (Lipinski definition) is 3. The lowest BCUT2D eigenvalue weighted by Crippen LogP contribution is -2.54. The van der Waals surface area contributed by atoms with Crippen molar-refractivity contribution in [1.29, 1.82) is 5.41 Å². The molecule has 3 atom stereocenters. The highest BCUT2D eigenvalue weighted by Gasteiger charge is 2.37. The predicted molar refractivity (Wildman–Crippen MR) is 148 cm³/mol. The van der Waals surface area contributed by atoms with Gasteiger partial charge >= 0.3 is 0 Å². The van der Waals surface area contributed by atoms with Crippen molar-refractivity contribution in [3.8, 4) is 0 Å². The lowest BCUT2D eigenvalue weighted by atomic mass is 9.86. The molecule has 1 aliphatic carbocycles. The highest BCUT2D eigenvalue weighted by atomic mass is 19.1. The van der Waals surface area contributed by atoms with Gasteiger partial charge in [0, 0.05) is 60.6 Å². The second-order valence-electron chi connectivity index (χ2n) is 10.4. The molecule has 0 bridgehead atoms. The first-order chi connectivity index (χ1) is 18.9. The summed E-state index contributed by atoms with van der Waals surface area (Å²) in [5, 5.41) is 13.6. The molecule has 7 nitrogen and oxygen atoms in total. The van der Waals surface area contributed by atoms with E-state index in [1.165, 1.54) is 23.8 Å². The summed E-state index contributed by atoms with van der Waals surface area (Å²) in [7, 11) is 1.96. The van der Waals surface area contributed by atoms with Crippen LogP contribution in [0, 0.1) is 23.0 Å². The molecule has 3 heterocycles. The van der Waals surface area contributed by atoms with Crippen LogP contribution in [0.2, 0.25) is 0 Å². The number of nitrogens with one attached hydrogen (secondary N) is 2. The number of nitrogens with zero attached hydrogens (tertiary/aromatic N) is 3. The highest BCUT2D eigenvalue weighted by Crippen LogP contribution is 2.34. The molecule has 202 valence electrons. The first-order valence-electron chi connectivity index (χ1n) is 13.3. The number of hydrogen-bond acceptors (Lipinski definition) is 7. The van der Waals surface area contributed by atoms with Crippen molar-refractivity contribution in [2.75, 3.05) is 25.9 Å². The normalized spacial score (nSPS) is 24.4. The summed E-state index contributed by atoms with van der Waals surface area (Å²) < 4.78 is 34.5. The number of fused-ring (bicyclic) bond motifs is 1. The van der Waals surface area contributed by atoms with E-state index in [1.807, 2.05) is 31.3 Å². The molecule has 4 aliphatic rings. The lowest BCUT2D eigenvalue weighted by Gasteiger charge is -2.39. The number of halogens is 2. The number of ether oxygens (including phenoxy) is 1. The number of nitrogen functional groups attached to an aromatic ring is 1. The SMILES string of the molecule is CN1C(c2ccc(N)c(C(=N)C3C=C4CCOC4=CC3)c2)=NNC1C1CC=CCN1Cc1c(F)cccc1F. The predicted octanol–water partition coefficient (Wildman–Crippen LogP) is 4.52. The van der Waals surface area contributed by atoms with E-state index in [4.69, 9.17) is 15.9 Å². The van der Waals surface area contributed by atoms with Crippen molar-refractivity contribution >= 4 is 17.2 Å². The molecular formula is C30H32F2N6O. The zero-order valence-corrected chi connectivity index (χ0v) is 21.8. The maximum atomic E-state index is 14.4. The van der Waals surface area contributed by atoms with Crippen LogP contribution in [0.25, 0.3) is 0 Å². The van der Waals surface area contributed by atoms with Crippen LogP contribution in [-0.2, 0) is 11.3 Å². The van der Waals surface area contributed by atoms with Crippen LogP contribution in [0.4, 0.5) is 14.5 Å². The van der Waals surface area contributed by atoms with Gasteiger partial charge in [0.2, 0.25) is 0 Å². The van der Waals surface area contributed by atoms with E-state index in [9.17, 15) is 8.78 Å². The van der Waals surface area contributed by atoms with Crippen LogP contribution >= 0.6 is 0 Å². The number of allylic oxidation sites excluding steroid dienone is 3. The Labute approximate surface area is 226 Å². The van der Waals surface area contributed by atoms with Gasteiger partial charge < -0.3 is 20.8 Å². The van der Waals surface area contributed by atoms with Crippen molar-refractivity contribution < 1.29 is 13.5 Å². The van der Waals surface area contributed by atoms with Gasteiger partial charge in [-0.25, -0.2) is 8.78 Å². The van der Waals surface area contributed by atoms with Gasteiger partial charge in [0.25, 0.3) is 0 Å². The van der Waals surface area contributed by atoms with E-state index in [1.54, 1.807) is 0 Å². The van der Waals surface area contributed by atoms with Crippen molar-refractivity contribution in [2.24, 2.45) is 11.0 Å². The van der Waals surface area contributed by atoms with Crippen LogP contribution in [0.1, 0.15) is 36.0 Å². The summed E-state index contributed by atoms with van der Waals surface area (Å²) >= 11 is 0. The molecule has 2 aromatic rings. The molecule has 9 heteroatoms. The zero-order chi connectivity index (χ0) is 27.1. The summed E-state index contributed by atoms with van der Waals surface area (Å²) in [5.41, 5.74) is 13.4. The average molecular weight is 531 g/mol. The highest BCUT2D eigenvalue weighted by molar-refractivity contribution is 6.08. The van der Waals surface area contributed by atoms with Crippen LogP contribution < -0.4 is 11.2 Å². The van der Waals surface area contributed by atoms with Gasteiger partial charge in [-0.05, 0) is 54.8 Å². The Morgan fingerprint density at radius 3 is 2.82 bits per heavy atom. The number of nitrogens with two attached hydrogens (primary N) is 1. The Kier molecular flexibility index (Phi) is 6.68. The van der Waals surface area contributed by atoms with E-state index in [0.717, 1.165) is 23.6 Å². The molecule has 2 aromatic carbocycles. The van der Waals surface area contributed by atoms with Gasteiger partial charge in [-0.3, -0.25) is 10.3 Å². The number of benzene rings is 2. The van der Waals surface area contributed by atoms with Crippen molar-refractivity contribution in [3.05, 3.63) is 100 Å². The molecule has 0 amide bonds. The third-order valence-corrected chi connectivity index (χ3v) is 8.07. The minimum absolute atomic E-state index is 0.0570. The molecule has 6 rings (SSSR count). The minimum Gasteiger partial charge on any atom is -0.493 e. The van der Waals surface area contributed by atoms with Gasteiger partial charge in [0.15, 0.2) is 5.84 Å². The number of amidine groups is 1. The Balaban J connectivity index is 1.21.